The first-order valence-corrected chi connectivity index (χ1v) is 9.21. The SMILES string of the molecule is O=c1c(Cl)c(NCc2ccc(-n3cccn3)nc2)cnn1-c1ccc(C(F)(F)F)cn1. The monoisotopic (exact) mass is 447 g/mol. The molecule has 8 nitrogen and oxygen atoms in total. The summed E-state index contributed by atoms with van der Waals surface area (Å²) in [6.07, 6.45) is 2.47. The summed E-state index contributed by atoms with van der Waals surface area (Å²) in [6, 6.07) is 7.28. The molecule has 1 N–H and O–H groups in total. The molecule has 0 saturated heterocycles. The Kier molecular flexibility index (Phi) is 5.42. The quantitative estimate of drug-likeness (QED) is 0.503. The van der Waals surface area contributed by atoms with Gasteiger partial charge in [0.15, 0.2) is 11.6 Å². The molecule has 4 aromatic heterocycles. The van der Waals surface area contributed by atoms with Crippen molar-refractivity contribution >= 4 is 17.3 Å². The third-order valence-electron chi connectivity index (χ3n) is 4.24. The second-order valence-corrected chi connectivity index (χ2v) is 6.70. The van der Waals surface area contributed by atoms with Crippen molar-refractivity contribution in [3.63, 3.8) is 0 Å². The second-order valence-electron chi connectivity index (χ2n) is 6.32. The standard InChI is InChI=1S/C19H13ClF3N7O/c20-17-14(24-8-12-2-4-15(25-9-12)29-7-1-6-27-29)11-28-30(18(17)31)16-5-3-13(10-26-16)19(21,22)23/h1-7,9-11,24H,8H2. The highest BCUT2D eigenvalue weighted by Crippen LogP contribution is 2.28. The number of hydrogen-bond donors (Lipinski definition) is 1. The number of rotatable bonds is 5. The number of nitrogens with one attached hydrogen (secondary N) is 1. The number of pyridine rings is 2. The van der Waals surface area contributed by atoms with Crippen LogP contribution in [0.3, 0.4) is 0 Å². The number of hydrogen-bond acceptors (Lipinski definition) is 6. The van der Waals surface area contributed by atoms with Crippen LogP contribution in [-0.4, -0.2) is 29.5 Å². The van der Waals surface area contributed by atoms with Crippen molar-refractivity contribution in [3.8, 4) is 11.6 Å². The maximum Gasteiger partial charge on any atom is 0.417 e. The summed E-state index contributed by atoms with van der Waals surface area (Å²) in [5, 5.41) is 10.9. The fraction of sp³-hybridized carbons (Fsp3) is 0.105. The maximum atomic E-state index is 12.7. The Morgan fingerprint density at radius 1 is 1.00 bits per heavy atom. The lowest BCUT2D eigenvalue weighted by Gasteiger charge is -2.11. The van der Waals surface area contributed by atoms with E-state index in [1.165, 1.54) is 6.20 Å². The third-order valence-corrected chi connectivity index (χ3v) is 4.61. The summed E-state index contributed by atoms with van der Waals surface area (Å²) >= 11 is 6.14. The molecular formula is C19H13ClF3N7O. The molecule has 12 heteroatoms. The normalized spacial score (nSPS) is 11.5. The highest BCUT2D eigenvalue weighted by atomic mass is 35.5. The van der Waals surface area contributed by atoms with Crippen molar-refractivity contribution in [2.75, 3.05) is 5.32 Å². The van der Waals surface area contributed by atoms with Crippen molar-refractivity contribution < 1.29 is 13.2 Å². The average molecular weight is 448 g/mol. The van der Waals surface area contributed by atoms with E-state index in [4.69, 9.17) is 11.6 Å². The Hall–Kier alpha value is -3.73. The van der Waals surface area contributed by atoms with Crippen LogP contribution in [0.5, 0.6) is 0 Å². The van der Waals surface area contributed by atoms with Gasteiger partial charge in [-0.25, -0.2) is 14.6 Å². The Bertz CT molecular complexity index is 1240. The molecule has 0 spiro atoms. The van der Waals surface area contributed by atoms with Crippen LogP contribution >= 0.6 is 11.6 Å². The zero-order valence-corrected chi connectivity index (χ0v) is 16.3. The topological polar surface area (TPSA) is 90.5 Å². The Morgan fingerprint density at radius 3 is 2.39 bits per heavy atom. The summed E-state index contributed by atoms with van der Waals surface area (Å²) in [4.78, 5) is 20.5. The summed E-state index contributed by atoms with van der Waals surface area (Å²) < 4.78 is 40.5. The van der Waals surface area contributed by atoms with Crippen LogP contribution < -0.4 is 10.9 Å². The molecular weight excluding hydrogens is 435 g/mol. The number of anilines is 1. The third kappa shape index (κ3) is 4.40. The van der Waals surface area contributed by atoms with E-state index in [0.29, 0.717) is 18.6 Å². The van der Waals surface area contributed by atoms with E-state index in [9.17, 15) is 18.0 Å². The predicted octanol–water partition coefficient (Wildman–Crippen LogP) is 3.49. The summed E-state index contributed by atoms with van der Waals surface area (Å²) in [5.41, 5.74) is -0.557. The van der Waals surface area contributed by atoms with E-state index in [-0.39, 0.29) is 16.5 Å². The molecule has 4 rings (SSSR count). The predicted molar refractivity (Wildman–Crippen MR) is 106 cm³/mol. The van der Waals surface area contributed by atoms with Gasteiger partial charge in [-0.15, -0.1) is 0 Å². The second kappa shape index (κ2) is 8.19. The maximum absolute atomic E-state index is 12.7. The molecule has 4 aromatic rings. The minimum Gasteiger partial charge on any atom is -0.378 e. The molecule has 4 heterocycles. The van der Waals surface area contributed by atoms with Crippen LogP contribution in [0.1, 0.15) is 11.1 Å². The molecule has 0 aliphatic carbocycles. The lowest BCUT2D eigenvalue weighted by molar-refractivity contribution is -0.137. The first-order valence-electron chi connectivity index (χ1n) is 8.83. The van der Waals surface area contributed by atoms with Gasteiger partial charge in [0.05, 0.1) is 17.4 Å². The minimum atomic E-state index is -4.53. The van der Waals surface area contributed by atoms with Gasteiger partial charge < -0.3 is 5.32 Å². The number of nitrogens with zero attached hydrogens (tertiary/aromatic N) is 6. The molecule has 0 radical (unpaired) electrons. The van der Waals surface area contributed by atoms with Gasteiger partial charge in [0.1, 0.15) is 5.02 Å². The van der Waals surface area contributed by atoms with Crippen molar-refractivity contribution in [2.45, 2.75) is 12.7 Å². The number of alkyl halides is 3. The van der Waals surface area contributed by atoms with Crippen LogP contribution in [-0.2, 0) is 12.7 Å². The van der Waals surface area contributed by atoms with Gasteiger partial charge in [0, 0.05) is 31.3 Å². The summed E-state index contributed by atoms with van der Waals surface area (Å²) in [5.74, 6) is 0.574. The molecule has 0 amide bonds. The molecule has 0 fully saturated rings. The molecule has 0 unspecified atom stereocenters. The van der Waals surface area contributed by atoms with Gasteiger partial charge >= 0.3 is 6.18 Å². The molecule has 0 aliphatic heterocycles. The van der Waals surface area contributed by atoms with E-state index in [1.54, 1.807) is 35.4 Å². The zero-order valence-electron chi connectivity index (χ0n) is 15.6. The molecule has 158 valence electrons. The first-order chi connectivity index (χ1) is 14.8. The molecule has 0 aromatic carbocycles. The van der Waals surface area contributed by atoms with Gasteiger partial charge in [0.2, 0.25) is 0 Å². The lowest BCUT2D eigenvalue weighted by Crippen LogP contribution is -2.23. The smallest absolute Gasteiger partial charge is 0.378 e. The van der Waals surface area contributed by atoms with E-state index < -0.39 is 17.3 Å². The Morgan fingerprint density at radius 2 is 1.77 bits per heavy atom. The fourth-order valence-corrected chi connectivity index (χ4v) is 2.85. The Balaban J connectivity index is 1.49. The van der Waals surface area contributed by atoms with Crippen LogP contribution in [0.2, 0.25) is 5.02 Å². The van der Waals surface area contributed by atoms with Gasteiger partial charge in [-0.3, -0.25) is 4.79 Å². The van der Waals surface area contributed by atoms with Gasteiger partial charge in [-0.1, -0.05) is 17.7 Å². The lowest BCUT2D eigenvalue weighted by atomic mass is 10.2. The largest absolute Gasteiger partial charge is 0.417 e. The Labute approximate surface area is 178 Å². The van der Waals surface area contributed by atoms with Crippen LogP contribution in [0.25, 0.3) is 11.6 Å². The number of aromatic nitrogens is 6. The van der Waals surface area contributed by atoms with E-state index in [1.807, 2.05) is 6.07 Å². The van der Waals surface area contributed by atoms with Gasteiger partial charge in [-0.2, -0.15) is 28.1 Å². The van der Waals surface area contributed by atoms with Crippen molar-refractivity contribution in [1.82, 2.24) is 29.5 Å². The van der Waals surface area contributed by atoms with Crippen molar-refractivity contribution in [1.29, 1.82) is 0 Å². The molecule has 0 bridgehead atoms. The highest BCUT2D eigenvalue weighted by molar-refractivity contribution is 6.32. The van der Waals surface area contributed by atoms with Gasteiger partial charge in [0.25, 0.3) is 5.56 Å². The van der Waals surface area contributed by atoms with E-state index in [2.05, 4.69) is 25.5 Å². The van der Waals surface area contributed by atoms with E-state index in [0.717, 1.165) is 22.4 Å². The van der Waals surface area contributed by atoms with E-state index >= 15 is 0 Å². The molecule has 31 heavy (non-hydrogen) atoms. The molecule has 0 atom stereocenters. The fourth-order valence-electron chi connectivity index (χ4n) is 2.66. The van der Waals surface area contributed by atoms with Crippen LogP contribution in [0, 0.1) is 0 Å². The van der Waals surface area contributed by atoms with Crippen LogP contribution in [0.4, 0.5) is 18.9 Å². The zero-order chi connectivity index (χ0) is 22.0. The highest BCUT2D eigenvalue weighted by Gasteiger charge is 2.30. The van der Waals surface area contributed by atoms with Gasteiger partial charge in [-0.05, 0) is 29.8 Å². The van der Waals surface area contributed by atoms with Crippen LogP contribution in [0.15, 0.2) is 66.1 Å². The van der Waals surface area contributed by atoms with Crippen molar-refractivity contribution in [3.05, 3.63) is 87.8 Å². The minimum absolute atomic E-state index is 0.0788. The van der Waals surface area contributed by atoms with Crippen molar-refractivity contribution in [2.24, 2.45) is 0 Å². The summed E-state index contributed by atoms with van der Waals surface area (Å²) in [7, 11) is 0. The average Bonchev–Trinajstić information content (AvgIpc) is 3.30. The number of halogens is 4. The first kappa shape index (κ1) is 20.5. The molecule has 0 aliphatic rings. The molecule has 0 saturated carbocycles. The summed E-state index contributed by atoms with van der Waals surface area (Å²) in [6.45, 7) is 0.315.